The van der Waals surface area contributed by atoms with Crippen molar-refractivity contribution in [2.75, 3.05) is 54.5 Å². The average Bonchev–Trinajstić information content (AvgIpc) is 3.88. The molecule has 3 heterocycles. The van der Waals surface area contributed by atoms with Crippen molar-refractivity contribution >= 4 is 60.3 Å². The summed E-state index contributed by atoms with van der Waals surface area (Å²) in [5, 5.41) is 13.7. The molecule has 5 atom stereocenters. The van der Waals surface area contributed by atoms with E-state index in [-0.39, 0.29) is 92.2 Å². The third kappa shape index (κ3) is 12.4. The van der Waals surface area contributed by atoms with E-state index in [0.29, 0.717) is 5.75 Å². The topological polar surface area (TPSA) is 150 Å². The van der Waals surface area contributed by atoms with E-state index >= 15 is 0 Å². The Morgan fingerprint density at radius 3 is 2.10 bits per heavy atom. The van der Waals surface area contributed by atoms with Gasteiger partial charge in [0.05, 0.1) is 6.61 Å². The van der Waals surface area contributed by atoms with Crippen LogP contribution in [0.25, 0.3) is 0 Å². The largest absolute Gasteiger partial charge is 0.491 e. The lowest BCUT2D eigenvalue weighted by atomic mass is 10.0. The molecular weight excluding hydrogens is 841 g/mol. The van der Waals surface area contributed by atoms with E-state index in [0.717, 1.165) is 49.3 Å². The Kier molecular flexibility index (Phi) is 18.8. The molecule has 326 valence electrons. The summed E-state index contributed by atoms with van der Waals surface area (Å²) in [6.07, 6.45) is 2.34. The van der Waals surface area contributed by atoms with Crippen LogP contribution in [0.15, 0.2) is 110 Å². The Morgan fingerprint density at radius 1 is 0.867 bits per heavy atom. The molecule has 2 aliphatic heterocycles. The van der Waals surface area contributed by atoms with Crippen molar-refractivity contribution in [3.8, 4) is 5.75 Å². The van der Waals surface area contributed by atoms with Gasteiger partial charge in [-0.05, 0) is 87.0 Å². The maximum absolute atomic E-state index is 14.9. The highest BCUT2D eigenvalue weighted by Crippen LogP contribution is 2.38. The van der Waals surface area contributed by atoms with Crippen LogP contribution in [0.1, 0.15) is 37.9 Å². The van der Waals surface area contributed by atoms with Crippen molar-refractivity contribution in [3.63, 3.8) is 0 Å². The Balaban J connectivity index is 0.00000240. The highest BCUT2D eigenvalue weighted by Gasteiger charge is 2.46. The predicted octanol–water partition coefficient (Wildman–Crippen LogP) is 6.92. The molecule has 5 N–H and O–H groups in total. The molecule has 2 saturated heterocycles. The van der Waals surface area contributed by atoms with Gasteiger partial charge in [0, 0.05) is 73.0 Å². The number of hydrogen-bond acceptors (Lipinski definition) is 9. The molecule has 4 aromatic carbocycles. The fraction of sp³-hybridized carbons (Fsp3) is 0.357. The first-order chi connectivity index (χ1) is 27.1. The third-order valence-electron chi connectivity index (χ3n) is 10.4. The van der Waals surface area contributed by atoms with Gasteiger partial charge in [0.2, 0.25) is 5.79 Å². The minimum absolute atomic E-state index is 0. The van der Waals surface area contributed by atoms with Gasteiger partial charge in [-0.3, -0.25) is 0 Å². The molecule has 2 fully saturated rings. The van der Waals surface area contributed by atoms with E-state index in [4.69, 9.17) is 14.2 Å². The number of aromatic nitrogens is 3. The number of nitrogens with one attached hydrogen (secondary N) is 3. The van der Waals surface area contributed by atoms with Gasteiger partial charge in [0.1, 0.15) is 49.3 Å². The van der Waals surface area contributed by atoms with E-state index < -0.39 is 23.5 Å². The molecule has 2 aliphatic rings. The second kappa shape index (κ2) is 22.7. The summed E-state index contributed by atoms with van der Waals surface area (Å²) >= 11 is 0. The summed E-state index contributed by atoms with van der Waals surface area (Å²) in [4.78, 5) is 21.4. The lowest BCUT2D eigenvalue weighted by Crippen LogP contribution is -2.48. The van der Waals surface area contributed by atoms with Crippen LogP contribution in [0, 0.1) is 11.6 Å². The standard InChI is InChI=1S/C42H48F2N8O4.3ClH.H2O/c1-29(47-31(3)32-7-5-4-6-8-32)30(2)48-41(53)49-34-10-12-35(13-11-34)50-19-21-51(22-20-50)36-14-16-37(17-15-36)54-24-38-25-55-42(56-38,26-52-28-45-27-46-52)39-18-9-33(43)23-40(39)44;;;;/h4-18,23,27-31,38,47H,19-22,24-26H2,1-3H3,(H2,48,49,53);3*1H;1H2. The van der Waals surface area contributed by atoms with Crippen LogP contribution in [0.2, 0.25) is 0 Å². The summed E-state index contributed by atoms with van der Waals surface area (Å²) < 4.78 is 48.5. The fourth-order valence-corrected chi connectivity index (χ4v) is 7.08. The molecule has 5 unspecified atom stereocenters. The number of ether oxygens (including phenoxy) is 3. The minimum atomic E-state index is -1.52. The van der Waals surface area contributed by atoms with Crippen LogP contribution in [-0.2, 0) is 21.8 Å². The molecule has 0 spiro atoms. The van der Waals surface area contributed by atoms with E-state index in [1.165, 1.54) is 35.0 Å². The van der Waals surface area contributed by atoms with Crippen molar-refractivity contribution < 1.29 is 33.3 Å². The quantitative estimate of drug-likeness (QED) is 0.108. The average molecular weight is 894 g/mol. The zero-order valence-corrected chi connectivity index (χ0v) is 36.0. The number of nitrogens with zero attached hydrogens (tertiary/aromatic N) is 5. The van der Waals surface area contributed by atoms with Gasteiger partial charge in [0.15, 0.2) is 0 Å². The van der Waals surface area contributed by atoms with Gasteiger partial charge >= 0.3 is 6.03 Å². The summed E-state index contributed by atoms with van der Waals surface area (Å²) in [7, 11) is 0. The van der Waals surface area contributed by atoms with E-state index in [2.05, 4.69) is 61.8 Å². The third-order valence-corrected chi connectivity index (χ3v) is 10.4. The van der Waals surface area contributed by atoms with Crippen molar-refractivity contribution in [2.45, 2.75) is 57.3 Å². The molecule has 0 saturated carbocycles. The second-order valence-electron chi connectivity index (χ2n) is 14.3. The Morgan fingerprint density at radius 2 is 1.50 bits per heavy atom. The zero-order chi connectivity index (χ0) is 39.1. The zero-order valence-electron chi connectivity index (χ0n) is 33.5. The molecule has 0 radical (unpaired) electrons. The van der Waals surface area contributed by atoms with Crippen molar-refractivity contribution in [3.05, 3.63) is 132 Å². The van der Waals surface area contributed by atoms with E-state index in [9.17, 15) is 13.6 Å². The lowest BCUT2D eigenvalue weighted by molar-refractivity contribution is -0.192. The molecule has 0 aliphatic carbocycles. The second-order valence-corrected chi connectivity index (χ2v) is 14.3. The van der Waals surface area contributed by atoms with E-state index in [1.54, 1.807) is 0 Å². The van der Waals surface area contributed by atoms with Crippen LogP contribution in [-0.4, -0.2) is 83.9 Å². The number of carbonyl (C=O) groups is 1. The van der Waals surface area contributed by atoms with Gasteiger partial charge < -0.3 is 45.4 Å². The molecular formula is C42H53Cl3F2N8O5. The molecule has 0 bridgehead atoms. The lowest BCUT2D eigenvalue weighted by Gasteiger charge is -2.37. The molecule has 7 rings (SSSR count). The summed E-state index contributed by atoms with van der Waals surface area (Å²) in [5.74, 6) is -2.31. The number of piperazine rings is 1. The molecule has 60 heavy (non-hydrogen) atoms. The summed E-state index contributed by atoms with van der Waals surface area (Å²) in [6.45, 7) is 9.92. The Hall–Kier alpha value is -4.74. The number of carbonyl (C=O) groups excluding carboxylic acids is 1. The van der Waals surface area contributed by atoms with E-state index in [1.807, 2.05) is 73.7 Å². The maximum atomic E-state index is 14.9. The first kappa shape index (κ1) is 49.6. The van der Waals surface area contributed by atoms with Crippen LogP contribution < -0.4 is 30.5 Å². The highest BCUT2D eigenvalue weighted by molar-refractivity contribution is 5.89. The minimum Gasteiger partial charge on any atom is -0.491 e. The summed E-state index contributed by atoms with van der Waals surface area (Å²) in [6, 6.07) is 29.4. The molecule has 5 aromatic rings. The first-order valence-corrected chi connectivity index (χ1v) is 19.0. The van der Waals surface area contributed by atoms with Crippen LogP contribution in [0.5, 0.6) is 5.75 Å². The van der Waals surface area contributed by atoms with Crippen LogP contribution in [0.3, 0.4) is 0 Å². The predicted molar refractivity (Wildman–Crippen MR) is 236 cm³/mol. The number of anilines is 3. The van der Waals surface area contributed by atoms with Crippen molar-refractivity contribution in [1.82, 2.24) is 25.4 Å². The maximum Gasteiger partial charge on any atom is 0.319 e. The van der Waals surface area contributed by atoms with Gasteiger partial charge in [-0.15, -0.1) is 37.2 Å². The first-order valence-electron chi connectivity index (χ1n) is 19.0. The molecule has 18 heteroatoms. The number of halogens is 5. The number of hydrogen-bond donors (Lipinski definition) is 3. The van der Waals surface area contributed by atoms with Gasteiger partial charge in [-0.2, -0.15) is 5.10 Å². The molecule has 1 aromatic heterocycles. The van der Waals surface area contributed by atoms with Gasteiger partial charge in [-0.25, -0.2) is 23.2 Å². The SMILES string of the molecule is CC(NC(C)C(C)NC(=O)Nc1ccc(N2CCN(c3ccc(OCC4COC(Cn5cncn5)(c5ccc(F)cc5F)O4)cc3)CC2)cc1)c1ccccc1.Cl.Cl.Cl.O. The summed E-state index contributed by atoms with van der Waals surface area (Å²) in [5.41, 5.74) is 4.21. The van der Waals surface area contributed by atoms with Crippen molar-refractivity contribution in [2.24, 2.45) is 0 Å². The van der Waals surface area contributed by atoms with Crippen LogP contribution in [0.4, 0.5) is 30.6 Å². The fourth-order valence-electron chi connectivity index (χ4n) is 7.08. The normalized spacial score (nSPS) is 18.6. The Bertz CT molecular complexity index is 2040. The van der Waals surface area contributed by atoms with Gasteiger partial charge in [0.25, 0.3) is 0 Å². The Labute approximate surface area is 367 Å². The number of urea groups is 1. The number of benzene rings is 4. The highest BCUT2D eigenvalue weighted by atomic mass is 35.5. The van der Waals surface area contributed by atoms with Crippen molar-refractivity contribution in [1.29, 1.82) is 0 Å². The number of rotatable bonds is 14. The monoisotopic (exact) mass is 892 g/mol. The smallest absolute Gasteiger partial charge is 0.319 e. The molecule has 2 amide bonds. The molecule has 13 nitrogen and oxygen atoms in total. The number of amides is 2. The van der Waals surface area contributed by atoms with Crippen LogP contribution >= 0.6 is 37.2 Å². The van der Waals surface area contributed by atoms with Gasteiger partial charge in [-0.1, -0.05) is 30.3 Å².